The molecule has 2 rings (SSSR count). The number of hydrogen-bond donors (Lipinski definition) is 0. The van der Waals surface area contributed by atoms with E-state index >= 15 is 0 Å². The summed E-state index contributed by atoms with van der Waals surface area (Å²) >= 11 is 0. The molecular weight excluding hydrogens is 164 g/mol. The van der Waals surface area contributed by atoms with Crippen LogP contribution in [0.5, 0.6) is 0 Å². The van der Waals surface area contributed by atoms with Crippen molar-refractivity contribution in [2.75, 3.05) is 0 Å². The first kappa shape index (κ1) is 8.01. The van der Waals surface area contributed by atoms with Gasteiger partial charge < -0.3 is 10.3 Å². The lowest BCUT2D eigenvalue weighted by Gasteiger charge is -2.35. The van der Waals surface area contributed by atoms with Crippen molar-refractivity contribution < 1.29 is 0 Å². The van der Waals surface area contributed by atoms with Gasteiger partial charge in [0.15, 0.2) is 0 Å². The van der Waals surface area contributed by atoms with E-state index in [0.29, 0.717) is 0 Å². The molecule has 0 saturated heterocycles. The van der Waals surface area contributed by atoms with Gasteiger partial charge in [0.2, 0.25) is 0 Å². The minimum atomic E-state index is -0.272. The van der Waals surface area contributed by atoms with Gasteiger partial charge in [-0.05, 0) is 24.4 Å². The summed E-state index contributed by atoms with van der Waals surface area (Å²) in [5, 5.41) is 12.2. The fourth-order valence-corrected chi connectivity index (χ4v) is 1.26. The Hall–Kier alpha value is -1.61. The maximum absolute atomic E-state index is 11.3. The Labute approximate surface area is 76.6 Å². The zero-order valence-corrected chi connectivity index (χ0v) is 7.00. The zero-order valence-electron chi connectivity index (χ0n) is 7.00. The zero-order chi connectivity index (χ0) is 9.10. The summed E-state index contributed by atoms with van der Waals surface area (Å²) in [7, 11) is 0. The molecule has 0 aromatic carbocycles. The fourth-order valence-electron chi connectivity index (χ4n) is 1.26. The Balaban J connectivity index is 2.27. The van der Waals surface area contributed by atoms with Crippen molar-refractivity contribution in [1.29, 1.82) is 0 Å². The van der Waals surface area contributed by atoms with Crippen LogP contribution < -0.4 is 0 Å². The summed E-state index contributed by atoms with van der Waals surface area (Å²) in [6.45, 7) is 0. The molecule has 13 heavy (non-hydrogen) atoms. The van der Waals surface area contributed by atoms with Crippen molar-refractivity contribution in [1.82, 2.24) is 10.0 Å². The Morgan fingerprint density at radius 3 is 2.92 bits per heavy atom. The molecule has 0 radical (unpaired) electrons. The number of aromatic nitrogens is 1. The topological polar surface area (TPSA) is 39.2 Å². The third-order valence-electron chi connectivity index (χ3n) is 1.90. The van der Waals surface area contributed by atoms with Crippen molar-refractivity contribution in [3.63, 3.8) is 0 Å². The average Bonchev–Trinajstić information content (AvgIpc) is 2.20. The lowest BCUT2D eigenvalue weighted by atomic mass is 10.1. The van der Waals surface area contributed by atoms with Crippen molar-refractivity contribution in [2.45, 2.75) is 6.04 Å². The van der Waals surface area contributed by atoms with Crippen LogP contribution in [0.2, 0.25) is 0 Å². The highest BCUT2D eigenvalue weighted by Crippen LogP contribution is 2.21. The van der Waals surface area contributed by atoms with E-state index in [0.717, 1.165) is 10.8 Å². The van der Waals surface area contributed by atoms with E-state index in [1.807, 2.05) is 30.4 Å². The van der Waals surface area contributed by atoms with Gasteiger partial charge in [0, 0.05) is 6.20 Å². The van der Waals surface area contributed by atoms with E-state index in [-0.39, 0.29) is 6.04 Å². The molecule has 0 spiro atoms. The molecule has 66 valence electrons. The van der Waals surface area contributed by atoms with Gasteiger partial charge in [-0.15, -0.1) is 0 Å². The second-order valence-electron chi connectivity index (χ2n) is 2.79. The number of allylic oxidation sites excluding steroid dienone is 2. The van der Waals surface area contributed by atoms with Crippen LogP contribution in [-0.4, -0.2) is 10.0 Å². The van der Waals surface area contributed by atoms with Crippen LogP contribution in [0.15, 0.2) is 48.8 Å². The summed E-state index contributed by atoms with van der Waals surface area (Å²) in [6, 6.07) is 5.29. The summed E-state index contributed by atoms with van der Waals surface area (Å²) < 4.78 is 0. The molecule has 0 fully saturated rings. The van der Waals surface area contributed by atoms with Crippen molar-refractivity contribution in [3.8, 4) is 0 Å². The highest BCUT2D eigenvalue weighted by molar-refractivity contribution is 5.22. The van der Waals surface area contributed by atoms with Gasteiger partial charge >= 0.3 is 0 Å². The number of rotatable bonds is 1. The Kier molecular flexibility index (Phi) is 2.10. The van der Waals surface area contributed by atoms with Crippen LogP contribution >= 0.6 is 0 Å². The number of hydrogen-bond acceptors (Lipinski definition) is 3. The fraction of sp³-hybridized carbons (Fsp3) is 0.100. The van der Waals surface area contributed by atoms with E-state index in [1.54, 1.807) is 12.3 Å². The molecular formula is C10H9N2O-. The lowest BCUT2D eigenvalue weighted by molar-refractivity contribution is 0.428. The maximum atomic E-state index is 11.3. The Morgan fingerprint density at radius 1 is 1.31 bits per heavy atom. The van der Waals surface area contributed by atoms with E-state index in [4.69, 9.17) is 0 Å². The van der Waals surface area contributed by atoms with Gasteiger partial charge in [-0.2, -0.15) is 0 Å². The molecule has 3 heteroatoms. The molecule has 1 aliphatic heterocycles. The van der Waals surface area contributed by atoms with Crippen molar-refractivity contribution in [3.05, 3.63) is 59.7 Å². The van der Waals surface area contributed by atoms with Gasteiger partial charge in [0.1, 0.15) is 0 Å². The molecule has 0 aliphatic carbocycles. The van der Waals surface area contributed by atoms with Crippen LogP contribution in [0.1, 0.15) is 11.7 Å². The Bertz CT molecular complexity index is 332. The molecule has 1 aromatic rings. The molecule has 1 aromatic heterocycles. The first-order valence-electron chi connectivity index (χ1n) is 4.09. The van der Waals surface area contributed by atoms with Gasteiger partial charge in [0.25, 0.3) is 0 Å². The normalized spacial score (nSPS) is 20.7. The largest absolute Gasteiger partial charge is 0.758 e. The molecule has 0 saturated carbocycles. The van der Waals surface area contributed by atoms with Crippen molar-refractivity contribution in [2.24, 2.45) is 0 Å². The van der Waals surface area contributed by atoms with Gasteiger partial charge in [0.05, 0.1) is 11.7 Å². The van der Waals surface area contributed by atoms with Crippen LogP contribution in [0.3, 0.4) is 0 Å². The van der Waals surface area contributed by atoms with E-state index in [9.17, 15) is 5.21 Å². The Morgan fingerprint density at radius 2 is 2.23 bits per heavy atom. The predicted octanol–water partition coefficient (Wildman–Crippen LogP) is 2.01. The monoisotopic (exact) mass is 173 g/mol. The van der Waals surface area contributed by atoms with E-state index in [2.05, 4.69) is 4.98 Å². The minimum Gasteiger partial charge on any atom is -0.758 e. The average molecular weight is 173 g/mol. The van der Waals surface area contributed by atoms with E-state index in [1.165, 1.54) is 6.20 Å². The van der Waals surface area contributed by atoms with Crippen LogP contribution in [0, 0.1) is 5.21 Å². The summed E-state index contributed by atoms with van der Waals surface area (Å²) in [4.78, 5) is 4.13. The highest BCUT2D eigenvalue weighted by atomic mass is 16.5. The summed E-state index contributed by atoms with van der Waals surface area (Å²) in [6.07, 6.45) is 8.59. The molecule has 0 amide bonds. The van der Waals surface area contributed by atoms with Crippen LogP contribution in [0.4, 0.5) is 0 Å². The summed E-state index contributed by atoms with van der Waals surface area (Å²) in [5.41, 5.74) is 0.776. The highest BCUT2D eigenvalue weighted by Gasteiger charge is 2.09. The third kappa shape index (κ3) is 1.60. The van der Waals surface area contributed by atoms with Gasteiger partial charge in [-0.1, -0.05) is 18.2 Å². The molecule has 0 bridgehead atoms. The van der Waals surface area contributed by atoms with Gasteiger partial charge in [-0.3, -0.25) is 4.98 Å². The molecule has 2 heterocycles. The number of hydroxylamine groups is 2. The maximum Gasteiger partial charge on any atom is 0.0792 e. The summed E-state index contributed by atoms with van der Waals surface area (Å²) in [5.74, 6) is 0. The second-order valence-corrected chi connectivity index (χ2v) is 2.79. The first-order valence-corrected chi connectivity index (χ1v) is 4.09. The lowest BCUT2D eigenvalue weighted by Crippen LogP contribution is -2.17. The van der Waals surface area contributed by atoms with Crippen molar-refractivity contribution >= 4 is 0 Å². The molecule has 1 unspecified atom stereocenters. The standard InChI is InChI=1S/C10H9N2O/c13-12-8-4-2-6-10(12)9-5-1-3-7-11-9/h1-8,10H/q-1. The number of pyridine rings is 1. The smallest absolute Gasteiger partial charge is 0.0792 e. The molecule has 1 aliphatic rings. The minimum absolute atomic E-state index is 0.272. The second kappa shape index (κ2) is 3.41. The first-order chi connectivity index (χ1) is 6.38. The number of nitrogens with zero attached hydrogens (tertiary/aromatic N) is 2. The third-order valence-corrected chi connectivity index (χ3v) is 1.90. The molecule has 0 N–H and O–H groups in total. The molecule has 3 nitrogen and oxygen atoms in total. The van der Waals surface area contributed by atoms with Gasteiger partial charge in [-0.25, -0.2) is 0 Å². The molecule has 1 atom stereocenters. The predicted molar refractivity (Wildman–Crippen MR) is 50.5 cm³/mol. The SMILES string of the molecule is [O-]N1C=CC=CC1c1ccccn1. The van der Waals surface area contributed by atoms with Crippen LogP contribution in [-0.2, 0) is 0 Å². The van der Waals surface area contributed by atoms with Crippen LogP contribution in [0.25, 0.3) is 0 Å². The van der Waals surface area contributed by atoms with E-state index < -0.39 is 0 Å². The quantitative estimate of drug-likeness (QED) is 0.652.